The first kappa shape index (κ1) is 5.70. The van der Waals surface area contributed by atoms with E-state index in [0.717, 1.165) is 18.2 Å². The van der Waals surface area contributed by atoms with Gasteiger partial charge in [0.1, 0.15) is 5.82 Å². The highest BCUT2D eigenvalue weighted by atomic mass is 16.1. The van der Waals surface area contributed by atoms with E-state index >= 15 is 0 Å². The lowest BCUT2D eigenvalue weighted by atomic mass is 10.3. The van der Waals surface area contributed by atoms with Crippen LogP contribution in [0.4, 0.5) is 0 Å². The molecule has 0 spiro atoms. The Balaban J connectivity index is 2.10. The minimum atomic E-state index is -0.198. The second kappa shape index (κ2) is 1.97. The molecular weight excluding hydrogens is 130 g/mol. The van der Waals surface area contributed by atoms with Crippen LogP contribution in [0.1, 0.15) is 18.7 Å². The number of H-pyrrole nitrogens is 2. The molecule has 0 radical (unpaired) electrons. The first-order chi connectivity index (χ1) is 4.84. The van der Waals surface area contributed by atoms with Gasteiger partial charge >= 0.3 is 5.69 Å². The summed E-state index contributed by atoms with van der Waals surface area (Å²) in [4.78, 5) is 13.1. The van der Waals surface area contributed by atoms with Gasteiger partial charge in [-0.05, 0) is 18.8 Å². The van der Waals surface area contributed by atoms with Crippen LogP contribution in [0.25, 0.3) is 0 Å². The predicted octanol–water partition coefficient (Wildman–Crippen LogP) is 0.0505. The second-order valence-corrected chi connectivity index (χ2v) is 2.77. The molecule has 0 unspecified atom stereocenters. The third kappa shape index (κ3) is 1.10. The van der Waals surface area contributed by atoms with Gasteiger partial charge in [0.2, 0.25) is 0 Å². The molecule has 0 amide bonds. The number of rotatable bonds is 2. The molecule has 0 aliphatic heterocycles. The molecule has 2 rings (SSSR count). The minimum absolute atomic E-state index is 0.198. The first-order valence-electron chi connectivity index (χ1n) is 3.48. The summed E-state index contributed by atoms with van der Waals surface area (Å²) in [7, 11) is 0. The van der Waals surface area contributed by atoms with Gasteiger partial charge < -0.3 is 0 Å². The molecule has 4 heteroatoms. The van der Waals surface area contributed by atoms with Crippen molar-refractivity contribution in [2.75, 3.05) is 0 Å². The molecule has 1 fully saturated rings. The predicted molar refractivity (Wildman–Crippen MR) is 35.6 cm³/mol. The van der Waals surface area contributed by atoms with E-state index in [0.29, 0.717) is 0 Å². The lowest BCUT2D eigenvalue weighted by molar-refractivity contribution is 0.774. The summed E-state index contributed by atoms with van der Waals surface area (Å²) >= 11 is 0. The van der Waals surface area contributed by atoms with Crippen molar-refractivity contribution in [2.45, 2.75) is 19.3 Å². The van der Waals surface area contributed by atoms with Gasteiger partial charge in [0.15, 0.2) is 0 Å². The van der Waals surface area contributed by atoms with Gasteiger partial charge in [0, 0.05) is 6.42 Å². The molecule has 1 aromatic rings. The van der Waals surface area contributed by atoms with Gasteiger partial charge in [0.05, 0.1) is 0 Å². The Morgan fingerprint density at radius 2 is 2.40 bits per heavy atom. The summed E-state index contributed by atoms with van der Waals surface area (Å²) in [5.41, 5.74) is -0.198. The topological polar surface area (TPSA) is 61.5 Å². The van der Waals surface area contributed by atoms with Crippen LogP contribution in [0.15, 0.2) is 4.79 Å². The molecule has 2 N–H and O–H groups in total. The summed E-state index contributed by atoms with van der Waals surface area (Å²) < 4.78 is 0. The highest BCUT2D eigenvalue weighted by Crippen LogP contribution is 2.31. The first-order valence-corrected chi connectivity index (χ1v) is 3.48. The molecule has 1 aliphatic rings. The van der Waals surface area contributed by atoms with Gasteiger partial charge in [-0.3, -0.25) is 4.98 Å². The fourth-order valence-corrected chi connectivity index (χ4v) is 0.997. The van der Waals surface area contributed by atoms with E-state index < -0.39 is 0 Å². The van der Waals surface area contributed by atoms with Gasteiger partial charge in [-0.25, -0.2) is 9.89 Å². The zero-order chi connectivity index (χ0) is 6.97. The van der Waals surface area contributed by atoms with Gasteiger partial charge in [-0.1, -0.05) is 0 Å². The van der Waals surface area contributed by atoms with Crippen LogP contribution in [0.5, 0.6) is 0 Å². The van der Waals surface area contributed by atoms with Crippen molar-refractivity contribution in [3.8, 4) is 0 Å². The molecule has 0 atom stereocenters. The monoisotopic (exact) mass is 139 g/mol. The van der Waals surface area contributed by atoms with Crippen LogP contribution < -0.4 is 5.69 Å². The molecule has 10 heavy (non-hydrogen) atoms. The normalized spacial score (nSPS) is 17.6. The SMILES string of the molecule is O=c1[nH]nc(CC2CC2)[nH]1. The highest BCUT2D eigenvalue weighted by molar-refractivity contribution is 4.88. The molecular formula is C6H9N3O. The van der Waals surface area contributed by atoms with E-state index in [2.05, 4.69) is 15.2 Å². The zero-order valence-corrected chi connectivity index (χ0v) is 5.55. The highest BCUT2D eigenvalue weighted by Gasteiger charge is 2.22. The van der Waals surface area contributed by atoms with E-state index in [9.17, 15) is 4.79 Å². The Bertz CT molecular complexity index is 271. The molecule has 54 valence electrons. The lowest BCUT2D eigenvalue weighted by Gasteiger charge is -1.86. The number of nitrogens with one attached hydrogen (secondary N) is 2. The minimum Gasteiger partial charge on any atom is -0.293 e. The maximum Gasteiger partial charge on any atom is 0.340 e. The molecule has 1 aromatic heterocycles. The molecule has 0 saturated heterocycles. The Hall–Kier alpha value is -1.06. The van der Waals surface area contributed by atoms with Crippen LogP contribution in [0.2, 0.25) is 0 Å². The molecule has 1 aliphatic carbocycles. The Morgan fingerprint density at radius 3 is 2.90 bits per heavy atom. The number of aromatic amines is 2. The average Bonchev–Trinajstić information content (AvgIpc) is 2.59. The second-order valence-electron chi connectivity index (χ2n) is 2.77. The molecule has 0 bridgehead atoms. The molecule has 4 nitrogen and oxygen atoms in total. The van der Waals surface area contributed by atoms with Gasteiger partial charge in [-0.15, -0.1) is 0 Å². The van der Waals surface area contributed by atoms with E-state index in [1.807, 2.05) is 0 Å². The van der Waals surface area contributed by atoms with E-state index in [-0.39, 0.29) is 5.69 Å². The Kier molecular flexibility index (Phi) is 1.12. The number of hydrogen-bond acceptors (Lipinski definition) is 2. The van der Waals surface area contributed by atoms with Crippen molar-refractivity contribution in [1.29, 1.82) is 0 Å². The van der Waals surface area contributed by atoms with Crippen LogP contribution in [-0.4, -0.2) is 15.2 Å². The van der Waals surface area contributed by atoms with E-state index in [1.165, 1.54) is 12.8 Å². The van der Waals surface area contributed by atoms with Crippen molar-refractivity contribution in [3.63, 3.8) is 0 Å². The van der Waals surface area contributed by atoms with Crippen molar-refractivity contribution < 1.29 is 0 Å². The summed E-state index contributed by atoms with van der Waals surface area (Å²) in [6.07, 6.45) is 3.50. The Labute approximate surface area is 57.7 Å². The third-order valence-electron chi connectivity index (χ3n) is 1.73. The quantitative estimate of drug-likeness (QED) is 0.608. The van der Waals surface area contributed by atoms with E-state index in [4.69, 9.17) is 0 Å². The van der Waals surface area contributed by atoms with Crippen LogP contribution in [-0.2, 0) is 6.42 Å². The number of hydrogen-bond donors (Lipinski definition) is 2. The smallest absolute Gasteiger partial charge is 0.293 e. The van der Waals surface area contributed by atoms with Crippen LogP contribution in [0.3, 0.4) is 0 Å². The molecule has 1 heterocycles. The summed E-state index contributed by atoms with van der Waals surface area (Å²) in [5, 5.41) is 6.14. The lowest BCUT2D eigenvalue weighted by Crippen LogP contribution is -2.01. The van der Waals surface area contributed by atoms with Crippen LogP contribution >= 0.6 is 0 Å². The van der Waals surface area contributed by atoms with Crippen molar-refractivity contribution in [2.24, 2.45) is 5.92 Å². The molecule has 0 aromatic carbocycles. The Morgan fingerprint density at radius 1 is 1.60 bits per heavy atom. The molecule has 1 saturated carbocycles. The fourth-order valence-electron chi connectivity index (χ4n) is 0.997. The van der Waals surface area contributed by atoms with E-state index in [1.54, 1.807) is 0 Å². The number of nitrogens with zero attached hydrogens (tertiary/aromatic N) is 1. The third-order valence-corrected chi connectivity index (χ3v) is 1.73. The maximum absolute atomic E-state index is 10.5. The van der Waals surface area contributed by atoms with Gasteiger partial charge in [0.25, 0.3) is 0 Å². The number of aromatic nitrogens is 3. The van der Waals surface area contributed by atoms with Crippen molar-refractivity contribution in [3.05, 3.63) is 16.3 Å². The summed E-state index contributed by atoms with van der Waals surface area (Å²) in [5.74, 6) is 1.58. The average molecular weight is 139 g/mol. The maximum atomic E-state index is 10.5. The zero-order valence-electron chi connectivity index (χ0n) is 5.55. The van der Waals surface area contributed by atoms with Gasteiger partial charge in [-0.2, -0.15) is 5.10 Å². The fraction of sp³-hybridized carbons (Fsp3) is 0.667. The van der Waals surface area contributed by atoms with Crippen molar-refractivity contribution in [1.82, 2.24) is 15.2 Å². The standard InChI is InChI=1S/C6H9N3O/c10-6-7-5(8-9-6)3-4-1-2-4/h4H,1-3H2,(H2,7,8,9,10). The van der Waals surface area contributed by atoms with Crippen LogP contribution in [0, 0.1) is 5.92 Å². The summed E-state index contributed by atoms with van der Waals surface area (Å²) in [6, 6.07) is 0. The largest absolute Gasteiger partial charge is 0.340 e. The summed E-state index contributed by atoms with van der Waals surface area (Å²) in [6.45, 7) is 0. The van der Waals surface area contributed by atoms with Crippen molar-refractivity contribution >= 4 is 0 Å².